The number of aromatic nitrogens is 1. The molecular formula is C19H24N2O2. The van der Waals surface area contributed by atoms with Crippen LogP contribution in [0.2, 0.25) is 0 Å². The van der Waals surface area contributed by atoms with Gasteiger partial charge in [0, 0.05) is 12.6 Å². The van der Waals surface area contributed by atoms with E-state index in [-0.39, 0.29) is 11.3 Å². The lowest BCUT2D eigenvalue weighted by atomic mass is 9.91. The Kier molecular flexibility index (Phi) is 3.78. The van der Waals surface area contributed by atoms with Crippen molar-refractivity contribution < 1.29 is 9.32 Å². The smallest absolute Gasteiger partial charge is 0.233 e. The van der Waals surface area contributed by atoms with Gasteiger partial charge >= 0.3 is 0 Å². The Balaban J connectivity index is 1.84. The van der Waals surface area contributed by atoms with Crippen LogP contribution in [0.1, 0.15) is 46.5 Å². The fraction of sp³-hybridized carbons (Fsp3) is 0.474. The first-order chi connectivity index (χ1) is 10.8. The monoisotopic (exact) mass is 312 g/mol. The molecule has 4 nitrogen and oxygen atoms in total. The van der Waals surface area contributed by atoms with Gasteiger partial charge < -0.3 is 9.42 Å². The minimum atomic E-state index is -0.329. The van der Waals surface area contributed by atoms with Crippen molar-refractivity contribution in [3.05, 3.63) is 51.9 Å². The summed E-state index contributed by atoms with van der Waals surface area (Å²) < 4.78 is 5.21. The maximum Gasteiger partial charge on any atom is 0.233 e. The molecule has 3 rings (SSSR count). The van der Waals surface area contributed by atoms with Gasteiger partial charge in [-0.3, -0.25) is 4.79 Å². The van der Waals surface area contributed by atoms with Crippen LogP contribution in [0.3, 0.4) is 0 Å². The molecule has 1 aromatic heterocycles. The van der Waals surface area contributed by atoms with E-state index in [1.807, 2.05) is 25.8 Å². The summed E-state index contributed by atoms with van der Waals surface area (Å²) in [5, 5.41) is 3.97. The van der Waals surface area contributed by atoms with E-state index in [4.69, 9.17) is 4.52 Å². The second-order valence-electron chi connectivity index (χ2n) is 6.92. The first kappa shape index (κ1) is 15.8. The van der Waals surface area contributed by atoms with Crippen LogP contribution in [0, 0.1) is 27.7 Å². The van der Waals surface area contributed by atoms with Crippen molar-refractivity contribution >= 4 is 5.91 Å². The van der Waals surface area contributed by atoms with Crippen LogP contribution in [-0.4, -0.2) is 23.0 Å². The Morgan fingerprint density at radius 2 is 1.78 bits per heavy atom. The van der Waals surface area contributed by atoms with Crippen LogP contribution in [0.4, 0.5) is 0 Å². The van der Waals surface area contributed by atoms with Gasteiger partial charge in [0.1, 0.15) is 5.76 Å². The number of carbonyl (C=O) groups excluding carboxylic acids is 1. The topological polar surface area (TPSA) is 46.3 Å². The maximum atomic E-state index is 13.1. The lowest BCUT2D eigenvalue weighted by Gasteiger charge is -2.24. The predicted molar refractivity (Wildman–Crippen MR) is 89.3 cm³/mol. The number of rotatable bonds is 4. The van der Waals surface area contributed by atoms with Gasteiger partial charge in [-0.05, 0) is 46.1 Å². The van der Waals surface area contributed by atoms with Crippen LogP contribution in [0.5, 0.6) is 0 Å². The standard InChI is InChI=1S/C19H24N2O2/c1-12-8-13(2)10-16(9-12)19(6-7-19)18(22)21(5)11-17-14(3)20-23-15(17)4/h8-10H,6-7,11H2,1-5H3. The van der Waals surface area contributed by atoms with E-state index in [1.54, 1.807) is 0 Å². The fourth-order valence-electron chi connectivity index (χ4n) is 3.40. The Hall–Kier alpha value is -2.10. The van der Waals surface area contributed by atoms with Gasteiger partial charge in [0.05, 0.1) is 17.7 Å². The molecule has 0 spiro atoms. The summed E-state index contributed by atoms with van der Waals surface area (Å²) in [5.41, 5.74) is 5.13. The molecule has 1 aliphatic rings. The quantitative estimate of drug-likeness (QED) is 0.866. The highest BCUT2D eigenvalue weighted by Gasteiger charge is 2.52. The second-order valence-corrected chi connectivity index (χ2v) is 6.92. The van der Waals surface area contributed by atoms with E-state index in [0.29, 0.717) is 6.54 Å². The third-order valence-electron chi connectivity index (χ3n) is 4.86. The maximum absolute atomic E-state index is 13.1. The zero-order valence-electron chi connectivity index (χ0n) is 14.6. The van der Waals surface area contributed by atoms with Gasteiger partial charge in [0.25, 0.3) is 0 Å². The third kappa shape index (κ3) is 2.78. The third-order valence-corrected chi connectivity index (χ3v) is 4.86. The minimum absolute atomic E-state index is 0.197. The molecule has 0 atom stereocenters. The molecule has 2 aromatic rings. The molecule has 0 unspecified atom stereocenters. The number of nitrogens with zero attached hydrogens (tertiary/aromatic N) is 2. The number of hydrogen-bond donors (Lipinski definition) is 0. The number of carbonyl (C=O) groups is 1. The van der Waals surface area contributed by atoms with Crippen LogP contribution in [0.15, 0.2) is 22.7 Å². The number of benzene rings is 1. The van der Waals surface area contributed by atoms with Crippen molar-refractivity contribution in [1.82, 2.24) is 10.1 Å². The van der Waals surface area contributed by atoms with E-state index < -0.39 is 0 Å². The van der Waals surface area contributed by atoms with Gasteiger partial charge in [-0.15, -0.1) is 0 Å². The molecule has 1 amide bonds. The highest BCUT2D eigenvalue weighted by Crippen LogP contribution is 2.50. The van der Waals surface area contributed by atoms with Gasteiger partial charge in [-0.1, -0.05) is 34.5 Å². The van der Waals surface area contributed by atoms with Crippen LogP contribution in [0.25, 0.3) is 0 Å². The lowest BCUT2D eigenvalue weighted by Crippen LogP contribution is -2.36. The second kappa shape index (κ2) is 5.52. The molecule has 1 aliphatic carbocycles. The largest absolute Gasteiger partial charge is 0.361 e. The van der Waals surface area contributed by atoms with Gasteiger partial charge in [0.15, 0.2) is 0 Å². The molecule has 0 N–H and O–H groups in total. The van der Waals surface area contributed by atoms with Crippen LogP contribution in [-0.2, 0) is 16.8 Å². The Morgan fingerprint density at radius 1 is 1.17 bits per heavy atom. The average molecular weight is 312 g/mol. The SMILES string of the molecule is Cc1cc(C)cc(C2(C(=O)N(C)Cc3c(C)noc3C)CC2)c1. The summed E-state index contributed by atoms with van der Waals surface area (Å²) >= 11 is 0. The van der Waals surface area contributed by atoms with E-state index >= 15 is 0 Å². The lowest BCUT2D eigenvalue weighted by molar-refractivity contribution is -0.133. The molecule has 0 saturated heterocycles. The Morgan fingerprint density at radius 3 is 2.26 bits per heavy atom. The molecular weight excluding hydrogens is 288 g/mol. The van der Waals surface area contributed by atoms with E-state index in [9.17, 15) is 4.79 Å². The zero-order chi connectivity index (χ0) is 16.8. The van der Waals surface area contributed by atoms with Crippen LogP contribution >= 0.6 is 0 Å². The van der Waals surface area contributed by atoms with Crippen molar-refractivity contribution in [2.24, 2.45) is 0 Å². The van der Waals surface area contributed by atoms with Crippen molar-refractivity contribution in [3.8, 4) is 0 Å². The molecule has 1 saturated carbocycles. The van der Waals surface area contributed by atoms with E-state index in [1.165, 1.54) is 11.1 Å². The summed E-state index contributed by atoms with van der Waals surface area (Å²) in [4.78, 5) is 14.9. The summed E-state index contributed by atoms with van der Waals surface area (Å²) in [6, 6.07) is 6.46. The highest BCUT2D eigenvalue weighted by molar-refractivity contribution is 5.91. The molecule has 1 aromatic carbocycles. The Labute approximate surface area is 137 Å². The normalized spacial score (nSPS) is 15.5. The number of hydrogen-bond acceptors (Lipinski definition) is 3. The molecule has 0 aliphatic heterocycles. The summed E-state index contributed by atoms with van der Waals surface area (Å²) in [6.07, 6.45) is 1.86. The number of aryl methyl sites for hydroxylation is 4. The number of likely N-dealkylation sites (N-methyl/N-ethyl adjacent to an activating group) is 1. The van der Waals surface area contributed by atoms with Crippen molar-refractivity contribution in [1.29, 1.82) is 0 Å². The summed E-state index contributed by atoms with van der Waals surface area (Å²) in [6.45, 7) is 8.53. The molecule has 1 heterocycles. The molecule has 4 heteroatoms. The van der Waals surface area contributed by atoms with Crippen LogP contribution < -0.4 is 0 Å². The minimum Gasteiger partial charge on any atom is -0.361 e. The van der Waals surface area contributed by atoms with Gasteiger partial charge in [-0.25, -0.2) is 0 Å². The van der Waals surface area contributed by atoms with Gasteiger partial charge in [-0.2, -0.15) is 0 Å². The van der Waals surface area contributed by atoms with Gasteiger partial charge in [0.2, 0.25) is 5.91 Å². The first-order valence-corrected chi connectivity index (χ1v) is 8.09. The van der Waals surface area contributed by atoms with E-state index in [2.05, 4.69) is 37.2 Å². The first-order valence-electron chi connectivity index (χ1n) is 8.09. The molecule has 122 valence electrons. The number of amides is 1. The zero-order valence-corrected chi connectivity index (χ0v) is 14.6. The average Bonchev–Trinajstić information content (AvgIpc) is 3.24. The van der Waals surface area contributed by atoms with Crippen molar-refractivity contribution in [2.75, 3.05) is 7.05 Å². The molecule has 0 bridgehead atoms. The summed E-state index contributed by atoms with van der Waals surface area (Å²) in [5.74, 6) is 0.987. The fourth-order valence-corrected chi connectivity index (χ4v) is 3.40. The molecule has 0 radical (unpaired) electrons. The van der Waals surface area contributed by atoms with E-state index in [0.717, 1.165) is 35.4 Å². The van der Waals surface area contributed by atoms with Crippen molar-refractivity contribution in [2.45, 2.75) is 52.5 Å². The predicted octanol–water partition coefficient (Wildman–Crippen LogP) is 3.60. The molecule has 23 heavy (non-hydrogen) atoms. The highest BCUT2D eigenvalue weighted by atomic mass is 16.5. The Bertz CT molecular complexity index is 717. The van der Waals surface area contributed by atoms with Crippen molar-refractivity contribution in [3.63, 3.8) is 0 Å². The molecule has 1 fully saturated rings. The summed E-state index contributed by atoms with van der Waals surface area (Å²) in [7, 11) is 1.87.